The van der Waals surface area contributed by atoms with Crippen LogP contribution in [0.2, 0.25) is 5.02 Å². The summed E-state index contributed by atoms with van der Waals surface area (Å²) in [5, 5.41) is 21.8. The number of aromatic nitrogens is 2. The fourth-order valence-corrected chi connectivity index (χ4v) is 4.38. The Morgan fingerprint density at radius 1 is 1.24 bits per heavy atom. The molecule has 0 saturated carbocycles. The summed E-state index contributed by atoms with van der Waals surface area (Å²) in [4.78, 5) is 17.1. The molecule has 2 aromatic heterocycles. The number of hydrogen-bond acceptors (Lipinski definition) is 6. The molecule has 4 rings (SSSR count). The van der Waals surface area contributed by atoms with Crippen molar-refractivity contribution in [1.82, 2.24) is 9.55 Å². The van der Waals surface area contributed by atoms with Crippen molar-refractivity contribution in [3.63, 3.8) is 0 Å². The molecule has 0 spiro atoms. The van der Waals surface area contributed by atoms with Gasteiger partial charge in [-0.25, -0.2) is 9.37 Å². The number of Topliss-reactive ketones (excluding diaryl/α,β-unsaturated/α-hetero) is 1. The van der Waals surface area contributed by atoms with E-state index >= 15 is 0 Å². The second kappa shape index (κ2) is 7.47. The quantitative estimate of drug-likeness (QED) is 0.443. The Kier molecular flexibility index (Phi) is 4.99. The van der Waals surface area contributed by atoms with E-state index in [9.17, 15) is 19.4 Å². The number of ketones is 1. The Labute approximate surface area is 173 Å². The van der Waals surface area contributed by atoms with E-state index in [0.29, 0.717) is 10.5 Å². The van der Waals surface area contributed by atoms with Gasteiger partial charge >= 0.3 is 0 Å². The number of methoxy groups -OCH3 is 1. The van der Waals surface area contributed by atoms with Crippen molar-refractivity contribution < 1.29 is 24.1 Å². The van der Waals surface area contributed by atoms with Gasteiger partial charge < -0.3 is 14.9 Å². The van der Waals surface area contributed by atoms with Crippen molar-refractivity contribution in [3.05, 3.63) is 58.9 Å². The minimum Gasteiger partial charge on any atom is -0.503 e. The molecular weight excluding hydrogens is 419 g/mol. The normalized spacial score (nSPS) is 11.3. The second-order valence-corrected chi connectivity index (χ2v) is 7.57. The van der Waals surface area contributed by atoms with Crippen LogP contribution in [-0.2, 0) is 4.74 Å². The van der Waals surface area contributed by atoms with Crippen LogP contribution in [0.1, 0.15) is 10.4 Å². The van der Waals surface area contributed by atoms with E-state index in [1.165, 1.54) is 36.6 Å². The zero-order valence-electron chi connectivity index (χ0n) is 15.0. The van der Waals surface area contributed by atoms with Gasteiger partial charge in [-0.2, -0.15) is 0 Å². The zero-order chi connectivity index (χ0) is 20.7. The molecule has 9 heteroatoms. The maximum absolute atomic E-state index is 14.7. The number of aromatic hydroxyl groups is 2. The highest BCUT2D eigenvalue weighted by molar-refractivity contribution is 7.21. The molecule has 0 bridgehead atoms. The average molecular weight is 433 g/mol. The first-order valence-electron chi connectivity index (χ1n) is 8.43. The number of carbonyl (C=O) groups excluding carboxylic acids is 1. The van der Waals surface area contributed by atoms with E-state index in [2.05, 4.69) is 4.98 Å². The fourth-order valence-electron chi connectivity index (χ4n) is 3.11. The minimum absolute atomic E-state index is 0.0182. The standard InChI is InChI=1S/C20H14ClFN2O4S/c1-28-9-13(25)15-17(10-5-2-3-7-12(10)22)24(19(27)18(15)26)20-23-16-11(21)6-4-8-14(16)29-20/h2-8,26-27H,9H2,1H3. The van der Waals surface area contributed by atoms with Gasteiger partial charge in [0.25, 0.3) is 0 Å². The van der Waals surface area contributed by atoms with Crippen LogP contribution < -0.4 is 0 Å². The number of nitrogens with zero attached hydrogens (tertiary/aromatic N) is 2. The molecule has 29 heavy (non-hydrogen) atoms. The molecule has 2 aromatic carbocycles. The number of thiazole rings is 1. The number of carbonyl (C=O) groups is 1. The summed E-state index contributed by atoms with van der Waals surface area (Å²) in [6.07, 6.45) is 0. The maximum atomic E-state index is 14.7. The third kappa shape index (κ3) is 3.15. The molecule has 4 aromatic rings. The van der Waals surface area contributed by atoms with Gasteiger partial charge in [0.15, 0.2) is 16.7 Å². The monoisotopic (exact) mass is 432 g/mol. The lowest BCUT2D eigenvalue weighted by atomic mass is 10.0. The maximum Gasteiger partial charge on any atom is 0.242 e. The van der Waals surface area contributed by atoms with Gasteiger partial charge in [-0.1, -0.05) is 41.1 Å². The molecule has 0 saturated heterocycles. The lowest BCUT2D eigenvalue weighted by molar-refractivity contribution is 0.0846. The minimum atomic E-state index is -0.671. The summed E-state index contributed by atoms with van der Waals surface area (Å²) in [5.41, 5.74) is 0.244. The van der Waals surface area contributed by atoms with Crippen LogP contribution >= 0.6 is 22.9 Å². The number of hydrogen-bond donors (Lipinski definition) is 2. The van der Waals surface area contributed by atoms with Crippen molar-refractivity contribution in [2.75, 3.05) is 13.7 Å². The van der Waals surface area contributed by atoms with Crippen LogP contribution in [0.15, 0.2) is 42.5 Å². The Hall–Kier alpha value is -2.94. The Balaban J connectivity index is 2.08. The summed E-state index contributed by atoms with van der Waals surface area (Å²) in [7, 11) is 1.32. The number of rotatable bonds is 5. The first-order chi connectivity index (χ1) is 13.9. The van der Waals surface area contributed by atoms with Gasteiger partial charge in [0, 0.05) is 12.7 Å². The van der Waals surface area contributed by atoms with Crippen molar-refractivity contribution >= 4 is 38.9 Å². The topological polar surface area (TPSA) is 84.6 Å². The highest BCUT2D eigenvalue weighted by atomic mass is 35.5. The van der Waals surface area contributed by atoms with Crippen LogP contribution in [0.25, 0.3) is 26.6 Å². The van der Waals surface area contributed by atoms with Gasteiger partial charge in [0.2, 0.25) is 5.88 Å². The summed E-state index contributed by atoms with van der Waals surface area (Å²) < 4.78 is 21.4. The van der Waals surface area contributed by atoms with Crippen LogP contribution in [0.4, 0.5) is 4.39 Å². The molecule has 0 unspecified atom stereocenters. The van der Waals surface area contributed by atoms with Crippen LogP contribution in [0.3, 0.4) is 0 Å². The Morgan fingerprint density at radius 2 is 2.00 bits per heavy atom. The van der Waals surface area contributed by atoms with E-state index in [1.54, 1.807) is 24.3 Å². The summed E-state index contributed by atoms with van der Waals surface area (Å²) in [5.74, 6) is -2.54. The highest BCUT2D eigenvalue weighted by Crippen LogP contribution is 2.45. The SMILES string of the molecule is COCC(=O)c1c(O)c(O)n(-c2nc3c(Cl)cccc3s2)c1-c1ccccc1F. The van der Waals surface area contributed by atoms with Gasteiger partial charge in [0.05, 0.1) is 21.0 Å². The Bertz CT molecular complexity index is 1250. The van der Waals surface area contributed by atoms with Crippen LogP contribution in [0.5, 0.6) is 11.6 Å². The average Bonchev–Trinajstić information content (AvgIpc) is 3.23. The molecule has 0 atom stereocenters. The molecular formula is C20H14ClFN2O4S. The third-order valence-electron chi connectivity index (χ3n) is 4.35. The van der Waals surface area contributed by atoms with Crippen LogP contribution in [-0.4, -0.2) is 39.3 Å². The molecule has 6 nitrogen and oxygen atoms in total. The lowest BCUT2D eigenvalue weighted by Gasteiger charge is -2.10. The molecule has 0 aliphatic carbocycles. The molecule has 0 radical (unpaired) electrons. The number of para-hydroxylation sites is 1. The predicted molar refractivity (Wildman–Crippen MR) is 109 cm³/mol. The third-order valence-corrected chi connectivity index (χ3v) is 5.66. The van der Waals surface area contributed by atoms with Crippen molar-refractivity contribution in [2.24, 2.45) is 0 Å². The van der Waals surface area contributed by atoms with Crippen molar-refractivity contribution in [3.8, 4) is 28.0 Å². The molecule has 148 valence electrons. The first kappa shape index (κ1) is 19.4. The number of fused-ring (bicyclic) bond motifs is 1. The number of ether oxygens (including phenoxy) is 1. The Morgan fingerprint density at radius 3 is 2.69 bits per heavy atom. The predicted octanol–water partition coefficient (Wildman–Crippen LogP) is 4.79. The van der Waals surface area contributed by atoms with E-state index < -0.39 is 23.2 Å². The van der Waals surface area contributed by atoms with E-state index in [-0.39, 0.29) is 28.6 Å². The highest BCUT2D eigenvalue weighted by Gasteiger charge is 2.31. The summed E-state index contributed by atoms with van der Waals surface area (Å²) >= 11 is 7.37. The number of halogens is 2. The molecule has 0 amide bonds. The van der Waals surface area contributed by atoms with Crippen molar-refractivity contribution in [2.45, 2.75) is 0 Å². The van der Waals surface area contributed by atoms with Gasteiger partial charge in [-0.3, -0.25) is 9.36 Å². The van der Waals surface area contributed by atoms with Crippen LogP contribution in [0, 0.1) is 5.82 Å². The smallest absolute Gasteiger partial charge is 0.242 e. The molecule has 0 fully saturated rings. The number of benzene rings is 2. The molecule has 2 N–H and O–H groups in total. The van der Waals surface area contributed by atoms with Gasteiger partial charge in [-0.15, -0.1) is 0 Å². The molecule has 0 aliphatic rings. The van der Waals surface area contributed by atoms with Gasteiger partial charge in [-0.05, 0) is 24.3 Å². The van der Waals surface area contributed by atoms with E-state index in [0.717, 1.165) is 9.27 Å². The fraction of sp³-hybridized carbons (Fsp3) is 0.100. The first-order valence-corrected chi connectivity index (χ1v) is 9.62. The largest absolute Gasteiger partial charge is 0.503 e. The molecule has 0 aliphatic heterocycles. The summed E-state index contributed by atoms with van der Waals surface area (Å²) in [6.45, 7) is -0.357. The van der Waals surface area contributed by atoms with E-state index in [1.807, 2.05) is 0 Å². The zero-order valence-corrected chi connectivity index (χ0v) is 16.6. The summed E-state index contributed by atoms with van der Waals surface area (Å²) in [6, 6.07) is 11.0. The van der Waals surface area contributed by atoms with E-state index in [4.69, 9.17) is 16.3 Å². The van der Waals surface area contributed by atoms with Crippen molar-refractivity contribution in [1.29, 1.82) is 0 Å². The van der Waals surface area contributed by atoms with Gasteiger partial charge in [0.1, 0.15) is 17.9 Å². The molecule has 2 heterocycles. The lowest BCUT2D eigenvalue weighted by Crippen LogP contribution is -2.09. The second-order valence-electron chi connectivity index (χ2n) is 6.15.